The van der Waals surface area contributed by atoms with Crippen LogP contribution in [0.5, 0.6) is 5.75 Å². The first-order valence-electron chi connectivity index (χ1n) is 11.5. The predicted octanol–water partition coefficient (Wildman–Crippen LogP) is 5.50. The number of ether oxygens (including phenoxy) is 3. The molecule has 7 heteroatoms. The summed E-state index contributed by atoms with van der Waals surface area (Å²) in [6.07, 6.45) is 0.473. The second-order valence-corrected chi connectivity index (χ2v) is 9.24. The van der Waals surface area contributed by atoms with Gasteiger partial charge in [-0.3, -0.25) is 4.99 Å². The van der Waals surface area contributed by atoms with Gasteiger partial charge in [-0.25, -0.2) is 4.79 Å². The SMILES string of the molecule is CCO[C@@H](Cc1ccc(OCc2sc(-c3ccc(C4=NCCCO4)cc3)cc2C)cc1)C(=O)O. The van der Waals surface area contributed by atoms with Crippen molar-refractivity contribution in [1.82, 2.24) is 0 Å². The van der Waals surface area contributed by atoms with Gasteiger partial charge >= 0.3 is 5.97 Å². The van der Waals surface area contributed by atoms with Crippen molar-refractivity contribution in [2.24, 2.45) is 4.99 Å². The fraction of sp³-hybridized carbons (Fsp3) is 0.333. The summed E-state index contributed by atoms with van der Waals surface area (Å²) in [7, 11) is 0. The van der Waals surface area contributed by atoms with Crippen LogP contribution in [0.2, 0.25) is 0 Å². The van der Waals surface area contributed by atoms with Crippen LogP contribution in [0.15, 0.2) is 59.6 Å². The van der Waals surface area contributed by atoms with Gasteiger partial charge in [0.05, 0.1) is 6.61 Å². The Bertz CT molecular complexity index is 1130. The average Bonchev–Trinajstić information content (AvgIpc) is 3.24. The Balaban J connectivity index is 1.37. The molecule has 1 aliphatic heterocycles. The van der Waals surface area contributed by atoms with Gasteiger partial charge in [-0.2, -0.15) is 0 Å². The van der Waals surface area contributed by atoms with E-state index in [0.717, 1.165) is 47.9 Å². The number of nitrogens with zero attached hydrogens (tertiary/aromatic N) is 1. The number of rotatable bonds is 10. The predicted molar refractivity (Wildman–Crippen MR) is 134 cm³/mol. The van der Waals surface area contributed by atoms with Gasteiger partial charge in [0.1, 0.15) is 12.4 Å². The van der Waals surface area contributed by atoms with E-state index in [1.165, 1.54) is 15.3 Å². The summed E-state index contributed by atoms with van der Waals surface area (Å²) in [6, 6.07) is 18.1. The zero-order chi connectivity index (χ0) is 23.9. The van der Waals surface area contributed by atoms with Crippen molar-refractivity contribution in [3.05, 3.63) is 76.2 Å². The molecule has 6 nitrogen and oxygen atoms in total. The second-order valence-electron chi connectivity index (χ2n) is 8.10. The fourth-order valence-corrected chi connectivity index (χ4v) is 4.81. The lowest BCUT2D eigenvalue weighted by Crippen LogP contribution is -2.26. The molecule has 0 aliphatic carbocycles. The number of hydrogen-bond donors (Lipinski definition) is 1. The van der Waals surface area contributed by atoms with Gasteiger partial charge in [-0.15, -0.1) is 11.3 Å². The molecular weight excluding hydrogens is 450 g/mol. The molecule has 1 atom stereocenters. The molecule has 0 spiro atoms. The van der Waals surface area contributed by atoms with Crippen LogP contribution in [0.4, 0.5) is 0 Å². The highest BCUT2D eigenvalue weighted by atomic mass is 32.1. The maximum absolute atomic E-state index is 11.3. The van der Waals surface area contributed by atoms with Crippen LogP contribution >= 0.6 is 11.3 Å². The molecule has 2 aromatic carbocycles. The molecule has 0 fully saturated rings. The van der Waals surface area contributed by atoms with Crippen molar-refractivity contribution in [2.45, 2.75) is 39.4 Å². The van der Waals surface area contributed by atoms with Crippen LogP contribution in [-0.4, -0.2) is 42.8 Å². The molecule has 2 heterocycles. The maximum atomic E-state index is 11.3. The normalized spacial score (nSPS) is 14.2. The zero-order valence-corrected chi connectivity index (χ0v) is 20.3. The number of thiophene rings is 1. The van der Waals surface area contributed by atoms with E-state index in [4.69, 9.17) is 14.2 Å². The van der Waals surface area contributed by atoms with Crippen molar-refractivity contribution in [1.29, 1.82) is 0 Å². The van der Waals surface area contributed by atoms with E-state index >= 15 is 0 Å². The minimum Gasteiger partial charge on any atom is -0.488 e. The minimum atomic E-state index is -0.947. The minimum absolute atomic E-state index is 0.328. The summed E-state index contributed by atoms with van der Waals surface area (Å²) in [6.45, 7) is 6.29. The smallest absolute Gasteiger partial charge is 0.333 e. The molecule has 34 heavy (non-hydrogen) atoms. The molecule has 1 N–H and O–H groups in total. The van der Waals surface area contributed by atoms with Crippen molar-refractivity contribution in [2.75, 3.05) is 19.8 Å². The third-order valence-corrected chi connectivity index (χ3v) is 6.85. The van der Waals surface area contributed by atoms with Crippen LogP contribution < -0.4 is 4.74 Å². The van der Waals surface area contributed by atoms with Gasteiger partial charge in [-0.1, -0.05) is 24.3 Å². The summed E-state index contributed by atoms with van der Waals surface area (Å²) in [4.78, 5) is 18.1. The molecule has 1 aliphatic rings. The Morgan fingerprint density at radius 3 is 2.53 bits per heavy atom. The lowest BCUT2D eigenvalue weighted by molar-refractivity contribution is -0.149. The highest BCUT2D eigenvalue weighted by Crippen LogP contribution is 2.32. The third kappa shape index (κ3) is 6.04. The lowest BCUT2D eigenvalue weighted by atomic mass is 10.1. The van der Waals surface area contributed by atoms with Gasteiger partial charge in [0.2, 0.25) is 5.90 Å². The Hall–Kier alpha value is -3.16. The molecule has 0 amide bonds. The summed E-state index contributed by atoms with van der Waals surface area (Å²) < 4.78 is 17.0. The van der Waals surface area contributed by atoms with Crippen LogP contribution in [0.1, 0.15) is 34.9 Å². The van der Waals surface area contributed by atoms with E-state index in [0.29, 0.717) is 19.6 Å². The summed E-state index contributed by atoms with van der Waals surface area (Å²) >= 11 is 1.73. The number of aryl methyl sites for hydroxylation is 1. The molecule has 4 rings (SSSR count). The number of aliphatic carboxylic acids is 1. The number of aliphatic imine (C=N–C) groups is 1. The highest BCUT2D eigenvalue weighted by Gasteiger charge is 2.18. The molecule has 0 unspecified atom stereocenters. The Kier molecular flexibility index (Phi) is 7.98. The molecule has 0 saturated heterocycles. The van der Waals surface area contributed by atoms with Gasteiger partial charge in [0.15, 0.2) is 6.10 Å². The Labute approximate surface area is 203 Å². The molecule has 0 bridgehead atoms. The highest BCUT2D eigenvalue weighted by molar-refractivity contribution is 7.15. The summed E-state index contributed by atoms with van der Waals surface area (Å²) in [5.74, 6) is 0.535. The monoisotopic (exact) mass is 479 g/mol. The average molecular weight is 480 g/mol. The van der Waals surface area contributed by atoms with Crippen molar-refractivity contribution >= 4 is 23.2 Å². The van der Waals surface area contributed by atoms with E-state index in [1.54, 1.807) is 18.3 Å². The quantitative estimate of drug-likeness (QED) is 0.415. The molecule has 1 aromatic heterocycles. The first-order chi connectivity index (χ1) is 16.5. The maximum Gasteiger partial charge on any atom is 0.333 e. The number of benzene rings is 2. The topological polar surface area (TPSA) is 77.3 Å². The first kappa shape index (κ1) is 24.0. The van der Waals surface area contributed by atoms with Crippen molar-refractivity contribution < 1.29 is 24.1 Å². The summed E-state index contributed by atoms with van der Waals surface area (Å²) in [5.41, 5.74) is 4.27. The number of carboxylic acids is 1. The van der Waals surface area contributed by atoms with Crippen molar-refractivity contribution in [3.8, 4) is 16.2 Å². The second kappa shape index (κ2) is 11.3. The summed E-state index contributed by atoms with van der Waals surface area (Å²) in [5, 5.41) is 9.25. The standard InChI is InChI=1S/C27H29NO5S/c1-3-31-23(27(29)30)16-19-5-11-22(12-6-19)33-17-25-18(2)15-24(34-25)20-7-9-21(10-8-20)26-28-13-4-14-32-26/h5-12,15,23H,3-4,13-14,16-17H2,1-2H3,(H,29,30)/t23-/m0/s1. The zero-order valence-electron chi connectivity index (χ0n) is 19.5. The molecule has 178 valence electrons. The third-order valence-electron chi connectivity index (χ3n) is 5.59. The van der Waals surface area contributed by atoms with E-state index in [1.807, 2.05) is 24.3 Å². The fourth-order valence-electron chi connectivity index (χ4n) is 3.72. The van der Waals surface area contributed by atoms with E-state index in [-0.39, 0.29) is 0 Å². The van der Waals surface area contributed by atoms with Crippen molar-refractivity contribution in [3.63, 3.8) is 0 Å². The van der Waals surface area contributed by atoms with Crippen LogP contribution in [-0.2, 0) is 27.3 Å². The number of carbonyl (C=O) groups is 1. The van der Waals surface area contributed by atoms with E-state index < -0.39 is 12.1 Å². The molecular formula is C27H29NO5S. The van der Waals surface area contributed by atoms with E-state index in [2.05, 4.69) is 42.2 Å². The Morgan fingerprint density at radius 1 is 1.15 bits per heavy atom. The van der Waals surface area contributed by atoms with Crippen LogP contribution in [0.3, 0.4) is 0 Å². The first-order valence-corrected chi connectivity index (χ1v) is 12.3. The van der Waals surface area contributed by atoms with Gasteiger partial charge in [0.25, 0.3) is 0 Å². The number of hydrogen-bond acceptors (Lipinski definition) is 6. The lowest BCUT2D eigenvalue weighted by Gasteiger charge is -2.13. The number of carboxylic acid groups (broad SMARTS) is 1. The van der Waals surface area contributed by atoms with Crippen LogP contribution in [0, 0.1) is 6.92 Å². The van der Waals surface area contributed by atoms with Crippen LogP contribution in [0.25, 0.3) is 10.4 Å². The molecule has 3 aromatic rings. The Morgan fingerprint density at radius 2 is 1.88 bits per heavy atom. The molecule has 0 radical (unpaired) electrons. The largest absolute Gasteiger partial charge is 0.488 e. The van der Waals surface area contributed by atoms with E-state index in [9.17, 15) is 9.90 Å². The van der Waals surface area contributed by atoms with Gasteiger partial charge in [-0.05, 0) is 60.9 Å². The van der Waals surface area contributed by atoms with Gasteiger partial charge in [0, 0.05) is 41.3 Å². The molecule has 0 saturated carbocycles. The van der Waals surface area contributed by atoms with Gasteiger partial charge < -0.3 is 19.3 Å².